The fourth-order valence-electron chi connectivity index (χ4n) is 7.91. The largest absolute Gasteiger partial charge is 0.392 e. The highest BCUT2D eigenvalue weighted by Crippen LogP contribution is 2.49. The number of hydrogen-bond donors (Lipinski definition) is 0. The minimum atomic E-state index is -4.67. The number of hydrogen-bond acceptors (Lipinski definition) is 3. The van der Waals surface area contributed by atoms with Crippen LogP contribution in [-0.2, 0) is 4.79 Å². The minimum Gasteiger partial charge on any atom is -0.344 e. The highest BCUT2D eigenvalue weighted by atomic mass is 19.4. The molecule has 3 aliphatic carbocycles. The first-order valence-electron chi connectivity index (χ1n) is 15.3. The quantitative estimate of drug-likeness (QED) is 0.314. The smallest absolute Gasteiger partial charge is 0.344 e. The first kappa shape index (κ1) is 30.9. The maximum Gasteiger partial charge on any atom is 0.392 e. The number of rotatable bonds is 7. The predicted molar refractivity (Wildman–Crippen MR) is 139 cm³/mol. The first-order valence-corrected chi connectivity index (χ1v) is 15.3. The maximum atomic E-state index is 13.9. The van der Waals surface area contributed by atoms with Gasteiger partial charge in [0.2, 0.25) is 5.91 Å². The Balaban J connectivity index is 1.37. The van der Waals surface area contributed by atoms with Gasteiger partial charge in [-0.3, -0.25) is 14.6 Å². The van der Waals surface area contributed by atoms with Gasteiger partial charge in [-0.15, -0.1) is 0 Å². The molecule has 0 radical (unpaired) electrons. The molecule has 1 aliphatic heterocycles. The van der Waals surface area contributed by atoms with Crippen molar-refractivity contribution in [1.29, 1.82) is 0 Å². The van der Waals surface area contributed by atoms with Gasteiger partial charge in [0.05, 0.1) is 17.9 Å². The Morgan fingerprint density at radius 2 is 1.38 bits per heavy atom. The lowest BCUT2D eigenvalue weighted by Gasteiger charge is -2.46. The van der Waals surface area contributed by atoms with Crippen LogP contribution in [0.5, 0.6) is 0 Å². The van der Waals surface area contributed by atoms with E-state index in [9.17, 15) is 31.1 Å². The van der Waals surface area contributed by atoms with Crippen molar-refractivity contribution in [1.82, 2.24) is 14.7 Å². The van der Waals surface area contributed by atoms with Crippen molar-refractivity contribution in [3.8, 4) is 0 Å². The number of nitrogens with zero attached hydrogens (tertiary/aromatic N) is 3. The number of alkyl halides is 6. The summed E-state index contributed by atoms with van der Waals surface area (Å²) >= 11 is 0. The standard InChI is InChI=1S/C29H47F6N3O/c1-36(15-14-21-12-13-23(28(30,31)32)20-25(21)29(33,34)35)27(39)26(22-8-4-2-5-9-22)38-18-16-37(17-19-38)24-10-6-3-7-11-24/h21-26H,2-20H2,1H3. The molecule has 4 fully saturated rings. The second-order valence-corrected chi connectivity index (χ2v) is 12.7. The van der Waals surface area contributed by atoms with Gasteiger partial charge in [0, 0.05) is 45.8 Å². The third-order valence-electron chi connectivity index (χ3n) is 10.3. The molecule has 39 heavy (non-hydrogen) atoms. The average molecular weight is 568 g/mol. The Labute approximate surface area is 229 Å². The molecule has 1 heterocycles. The summed E-state index contributed by atoms with van der Waals surface area (Å²) in [6.07, 6.45) is 1.26. The molecule has 4 rings (SSSR count). The third-order valence-corrected chi connectivity index (χ3v) is 10.3. The van der Waals surface area contributed by atoms with E-state index in [0.29, 0.717) is 6.04 Å². The molecule has 0 bridgehead atoms. The molecule has 4 unspecified atom stereocenters. The molecule has 4 aliphatic rings. The molecule has 4 nitrogen and oxygen atoms in total. The Hall–Kier alpha value is -1.03. The molecule has 4 atom stereocenters. The van der Waals surface area contributed by atoms with Crippen LogP contribution in [0.4, 0.5) is 26.3 Å². The van der Waals surface area contributed by atoms with Crippen LogP contribution in [0.2, 0.25) is 0 Å². The van der Waals surface area contributed by atoms with Crippen LogP contribution in [0, 0.1) is 23.7 Å². The van der Waals surface area contributed by atoms with E-state index in [4.69, 9.17) is 0 Å². The van der Waals surface area contributed by atoms with E-state index < -0.39 is 36.5 Å². The Morgan fingerprint density at radius 1 is 0.795 bits per heavy atom. The van der Waals surface area contributed by atoms with E-state index in [2.05, 4.69) is 9.80 Å². The predicted octanol–water partition coefficient (Wildman–Crippen LogP) is 6.89. The molecule has 0 aromatic carbocycles. The second-order valence-electron chi connectivity index (χ2n) is 12.7. The van der Waals surface area contributed by atoms with E-state index in [1.165, 1.54) is 38.5 Å². The van der Waals surface area contributed by atoms with Crippen molar-refractivity contribution in [2.75, 3.05) is 39.8 Å². The van der Waals surface area contributed by atoms with Crippen LogP contribution < -0.4 is 0 Å². The number of amides is 1. The van der Waals surface area contributed by atoms with E-state index in [-0.39, 0.29) is 43.7 Å². The van der Waals surface area contributed by atoms with Crippen LogP contribution in [0.1, 0.15) is 89.9 Å². The number of piperazine rings is 1. The van der Waals surface area contributed by atoms with Crippen LogP contribution in [0.25, 0.3) is 0 Å². The fourth-order valence-corrected chi connectivity index (χ4v) is 7.91. The SMILES string of the molecule is CN(CCC1CCC(C(F)(F)F)CC1C(F)(F)F)C(=O)C(C1CCCCC1)N1CCN(C2CCCCC2)CC1. The lowest BCUT2D eigenvalue weighted by molar-refractivity contribution is -0.234. The molecular formula is C29H47F6N3O. The molecule has 1 saturated heterocycles. The molecule has 0 N–H and O–H groups in total. The second kappa shape index (κ2) is 13.3. The highest BCUT2D eigenvalue weighted by molar-refractivity contribution is 5.82. The van der Waals surface area contributed by atoms with Gasteiger partial charge < -0.3 is 4.90 Å². The zero-order chi connectivity index (χ0) is 28.2. The highest BCUT2D eigenvalue weighted by Gasteiger charge is 2.53. The monoisotopic (exact) mass is 567 g/mol. The first-order chi connectivity index (χ1) is 18.4. The van der Waals surface area contributed by atoms with E-state index in [1.807, 2.05) is 0 Å². The Bertz CT molecular complexity index is 770. The van der Waals surface area contributed by atoms with Crippen LogP contribution >= 0.6 is 0 Å². The summed E-state index contributed by atoms with van der Waals surface area (Å²) in [5.74, 6) is -4.53. The normalized spacial score (nSPS) is 30.3. The summed E-state index contributed by atoms with van der Waals surface area (Å²) in [5.41, 5.74) is 0. The van der Waals surface area contributed by atoms with E-state index >= 15 is 0 Å². The molecule has 0 aromatic heterocycles. The number of likely N-dealkylation sites (N-methyl/N-ethyl adjacent to an activating group) is 1. The van der Waals surface area contributed by atoms with Crippen LogP contribution in [0.15, 0.2) is 0 Å². The van der Waals surface area contributed by atoms with Gasteiger partial charge >= 0.3 is 12.4 Å². The summed E-state index contributed by atoms with van der Waals surface area (Å²) in [6, 6.07) is 0.379. The Morgan fingerprint density at radius 3 is 1.95 bits per heavy atom. The third kappa shape index (κ3) is 8.04. The van der Waals surface area contributed by atoms with Gasteiger partial charge in [0.15, 0.2) is 0 Å². The van der Waals surface area contributed by atoms with Crippen molar-refractivity contribution < 1.29 is 31.1 Å². The lowest BCUT2D eigenvalue weighted by Crippen LogP contribution is -2.59. The van der Waals surface area contributed by atoms with Gasteiger partial charge in [0.25, 0.3) is 0 Å². The number of carbonyl (C=O) groups is 1. The van der Waals surface area contributed by atoms with Gasteiger partial charge in [-0.05, 0) is 63.2 Å². The van der Waals surface area contributed by atoms with Crippen molar-refractivity contribution in [3.05, 3.63) is 0 Å². The van der Waals surface area contributed by atoms with E-state index in [0.717, 1.165) is 51.9 Å². The topological polar surface area (TPSA) is 26.8 Å². The van der Waals surface area contributed by atoms with Crippen molar-refractivity contribution in [2.24, 2.45) is 23.7 Å². The zero-order valence-electron chi connectivity index (χ0n) is 23.4. The summed E-state index contributed by atoms with van der Waals surface area (Å²) in [7, 11) is 1.67. The molecular weight excluding hydrogens is 520 g/mol. The summed E-state index contributed by atoms with van der Waals surface area (Å²) < 4.78 is 80.9. The summed E-state index contributed by atoms with van der Waals surface area (Å²) in [4.78, 5) is 20.3. The fraction of sp³-hybridized carbons (Fsp3) is 0.966. The molecule has 10 heteroatoms. The number of halogens is 6. The van der Waals surface area contributed by atoms with E-state index in [1.54, 1.807) is 11.9 Å². The maximum absolute atomic E-state index is 13.9. The van der Waals surface area contributed by atoms with Gasteiger partial charge in [-0.2, -0.15) is 26.3 Å². The molecule has 0 spiro atoms. The van der Waals surface area contributed by atoms with Crippen molar-refractivity contribution >= 4 is 5.91 Å². The van der Waals surface area contributed by atoms with Gasteiger partial charge in [-0.1, -0.05) is 38.5 Å². The van der Waals surface area contributed by atoms with Crippen molar-refractivity contribution in [2.45, 2.75) is 114 Å². The molecule has 0 aromatic rings. The molecule has 226 valence electrons. The molecule has 3 saturated carbocycles. The van der Waals surface area contributed by atoms with Crippen LogP contribution in [0.3, 0.4) is 0 Å². The summed E-state index contributed by atoms with van der Waals surface area (Å²) in [6.45, 7) is 3.70. The lowest BCUT2D eigenvalue weighted by atomic mass is 9.72. The van der Waals surface area contributed by atoms with Gasteiger partial charge in [-0.25, -0.2) is 0 Å². The van der Waals surface area contributed by atoms with Crippen LogP contribution in [-0.4, -0.2) is 84.8 Å². The zero-order valence-corrected chi connectivity index (χ0v) is 23.4. The minimum absolute atomic E-state index is 0.0273. The van der Waals surface area contributed by atoms with Gasteiger partial charge in [0.1, 0.15) is 0 Å². The molecule has 1 amide bonds. The summed E-state index contributed by atoms with van der Waals surface area (Å²) in [5, 5.41) is 0. The Kier molecular flexibility index (Phi) is 10.5. The average Bonchev–Trinajstić information content (AvgIpc) is 2.92. The number of carbonyl (C=O) groups excluding carboxylic acids is 1. The van der Waals surface area contributed by atoms with Crippen molar-refractivity contribution in [3.63, 3.8) is 0 Å².